The molecule has 0 saturated heterocycles. The molecule has 4 aliphatic carbocycles. The smallest absolute Gasteiger partial charge is 0.101 e. The first-order valence-electron chi connectivity index (χ1n) is 12.5. The van der Waals surface area contributed by atoms with Crippen LogP contribution in [0.1, 0.15) is 77.2 Å². The summed E-state index contributed by atoms with van der Waals surface area (Å²) in [5.41, 5.74) is -1.23. The van der Waals surface area contributed by atoms with Crippen molar-refractivity contribution in [3.05, 3.63) is 24.2 Å². The van der Waals surface area contributed by atoms with Gasteiger partial charge in [0.05, 0.1) is 30.8 Å². The SMILES string of the molecule is CNCCOC1CC[C@@]2(C)C(CC[C@@H]3[C@H]2CC[C@]2(C)C(O)(c4ccoc4)CC[C@@]32O)C1. The predicted octanol–water partition coefficient (Wildman–Crippen LogP) is 4.23. The molecule has 0 radical (unpaired) electrons. The summed E-state index contributed by atoms with van der Waals surface area (Å²) in [6, 6.07) is 1.89. The Bertz CT molecular complexity index is 782. The minimum Gasteiger partial charge on any atom is -0.472 e. The number of ether oxygens (including phenoxy) is 1. The van der Waals surface area contributed by atoms with Crippen LogP contribution in [0.3, 0.4) is 0 Å². The fourth-order valence-electron chi connectivity index (χ4n) is 8.65. The minimum absolute atomic E-state index is 0.273. The van der Waals surface area contributed by atoms with Crippen molar-refractivity contribution in [2.75, 3.05) is 20.2 Å². The quantitative estimate of drug-likeness (QED) is 0.609. The second kappa shape index (κ2) is 7.58. The van der Waals surface area contributed by atoms with Crippen molar-refractivity contribution in [2.24, 2.45) is 28.6 Å². The molecule has 0 bridgehead atoms. The number of hydrogen-bond acceptors (Lipinski definition) is 5. The molecule has 0 amide bonds. The summed E-state index contributed by atoms with van der Waals surface area (Å²) in [6.07, 6.45) is 12.7. The van der Waals surface area contributed by atoms with Crippen LogP contribution in [0.15, 0.2) is 23.0 Å². The molecule has 5 heteroatoms. The van der Waals surface area contributed by atoms with Gasteiger partial charge in [-0.1, -0.05) is 13.8 Å². The zero-order valence-electron chi connectivity index (χ0n) is 19.5. The first-order valence-corrected chi connectivity index (χ1v) is 12.5. The summed E-state index contributed by atoms with van der Waals surface area (Å²) >= 11 is 0. The minimum atomic E-state index is -1.00. The third kappa shape index (κ3) is 2.96. The van der Waals surface area contributed by atoms with Crippen molar-refractivity contribution in [1.29, 1.82) is 0 Å². The van der Waals surface area contributed by atoms with Gasteiger partial charge in [-0.3, -0.25) is 0 Å². The lowest BCUT2D eigenvalue weighted by Gasteiger charge is -2.64. The number of fused-ring (bicyclic) bond motifs is 5. The number of furan rings is 1. The van der Waals surface area contributed by atoms with E-state index in [-0.39, 0.29) is 11.3 Å². The van der Waals surface area contributed by atoms with Gasteiger partial charge in [0.15, 0.2) is 0 Å². The topological polar surface area (TPSA) is 74.9 Å². The van der Waals surface area contributed by atoms with Crippen LogP contribution in [-0.4, -0.2) is 42.1 Å². The van der Waals surface area contributed by atoms with Gasteiger partial charge in [-0.15, -0.1) is 0 Å². The van der Waals surface area contributed by atoms with Crippen molar-refractivity contribution < 1.29 is 19.4 Å². The van der Waals surface area contributed by atoms with Gasteiger partial charge in [-0.2, -0.15) is 0 Å². The van der Waals surface area contributed by atoms with Gasteiger partial charge < -0.3 is 24.7 Å². The lowest BCUT2D eigenvalue weighted by molar-refractivity contribution is -0.239. The maximum absolute atomic E-state index is 12.3. The van der Waals surface area contributed by atoms with Gasteiger partial charge >= 0.3 is 0 Å². The van der Waals surface area contributed by atoms with E-state index in [0.29, 0.717) is 30.8 Å². The molecule has 1 aromatic heterocycles. The molecule has 3 unspecified atom stereocenters. The van der Waals surface area contributed by atoms with Crippen molar-refractivity contribution in [3.63, 3.8) is 0 Å². The fraction of sp³-hybridized carbons (Fsp3) is 0.846. The largest absolute Gasteiger partial charge is 0.472 e. The van der Waals surface area contributed by atoms with Crippen molar-refractivity contribution >= 4 is 0 Å². The summed E-state index contributed by atoms with van der Waals surface area (Å²) in [5.74, 6) is 1.49. The Morgan fingerprint density at radius 3 is 2.65 bits per heavy atom. The van der Waals surface area contributed by atoms with Crippen LogP contribution >= 0.6 is 0 Å². The average Bonchev–Trinajstić information content (AvgIpc) is 3.36. The second-order valence-corrected chi connectivity index (χ2v) is 11.5. The monoisotopic (exact) mass is 431 g/mol. The lowest BCUT2D eigenvalue weighted by Crippen LogP contribution is -2.64. The Hall–Kier alpha value is -0.880. The Balaban J connectivity index is 1.38. The highest BCUT2D eigenvalue weighted by Crippen LogP contribution is 2.71. The molecule has 1 heterocycles. The van der Waals surface area contributed by atoms with Gasteiger partial charge in [0.25, 0.3) is 0 Å². The molecule has 0 spiro atoms. The second-order valence-electron chi connectivity index (χ2n) is 11.5. The van der Waals surface area contributed by atoms with E-state index in [1.54, 1.807) is 12.5 Å². The average molecular weight is 432 g/mol. The first-order chi connectivity index (χ1) is 14.8. The van der Waals surface area contributed by atoms with Gasteiger partial charge in [0.1, 0.15) is 5.60 Å². The fourth-order valence-corrected chi connectivity index (χ4v) is 8.65. The zero-order valence-corrected chi connectivity index (χ0v) is 19.5. The Kier molecular flexibility index (Phi) is 5.36. The van der Waals surface area contributed by atoms with Crippen LogP contribution in [-0.2, 0) is 10.3 Å². The molecule has 4 aliphatic rings. The van der Waals surface area contributed by atoms with Crippen LogP contribution < -0.4 is 5.32 Å². The summed E-state index contributed by atoms with van der Waals surface area (Å²) in [6.45, 7) is 6.35. The molecular weight excluding hydrogens is 390 g/mol. The number of hydrogen-bond donors (Lipinski definition) is 3. The van der Waals surface area contributed by atoms with Crippen LogP contribution in [0.2, 0.25) is 0 Å². The molecule has 174 valence electrons. The van der Waals surface area contributed by atoms with E-state index in [1.807, 2.05) is 13.1 Å². The summed E-state index contributed by atoms with van der Waals surface area (Å²) in [7, 11) is 1.97. The van der Waals surface area contributed by atoms with Crippen LogP contribution in [0.5, 0.6) is 0 Å². The molecule has 0 aromatic carbocycles. The number of aliphatic hydroxyl groups is 2. The normalized spacial score (nSPS) is 49.3. The Morgan fingerprint density at radius 2 is 1.90 bits per heavy atom. The third-order valence-electron chi connectivity index (χ3n) is 10.7. The maximum atomic E-state index is 12.3. The van der Waals surface area contributed by atoms with Gasteiger partial charge in [0, 0.05) is 17.5 Å². The zero-order chi connectivity index (χ0) is 21.9. The van der Waals surface area contributed by atoms with E-state index in [9.17, 15) is 10.2 Å². The van der Waals surface area contributed by atoms with Crippen molar-refractivity contribution in [2.45, 2.75) is 88.9 Å². The number of rotatable bonds is 5. The molecule has 0 aliphatic heterocycles. The first kappa shape index (κ1) is 21.9. The standard InChI is InChI=1S/C26H41NO4/c1-23-9-6-20(31-15-13-27-3)16-18(23)4-5-22-21(23)7-10-24(2)25(28,11-12-26(22,24)29)19-8-14-30-17-19/h8,14,17-18,20-22,27-29H,4-7,9-13,15-16H2,1-3H3/t18?,20?,21-,22-,23+,24-,25?,26-/m1/s1. The van der Waals surface area contributed by atoms with E-state index in [1.165, 1.54) is 12.8 Å². The summed E-state index contributed by atoms with van der Waals surface area (Å²) in [5, 5.41) is 27.3. The van der Waals surface area contributed by atoms with Crippen molar-refractivity contribution in [3.8, 4) is 0 Å². The molecular formula is C26H41NO4. The number of nitrogens with one attached hydrogen (secondary N) is 1. The highest BCUT2D eigenvalue weighted by atomic mass is 16.5. The van der Waals surface area contributed by atoms with Gasteiger partial charge in [-0.25, -0.2) is 0 Å². The molecule has 8 atom stereocenters. The van der Waals surface area contributed by atoms with Gasteiger partial charge in [-0.05, 0) is 94.1 Å². The molecule has 4 saturated carbocycles. The Morgan fingerprint density at radius 1 is 1.06 bits per heavy atom. The number of likely N-dealkylation sites (N-methyl/N-ethyl adjacent to an activating group) is 1. The van der Waals surface area contributed by atoms with Crippen molar-refractivity contribution in [1.82, 2.24) is 5.32 Å². The molecule has 3 N–H and O–H groups in total. The van der Waals surface area contributed by atoms with E-state index in [0.717, 1.165) is 50.8 Å². The summed E-state index contributed by atoms with van der Waals surface area (Å²) in [4.78, 5) is 0. The van der Waals surface area contributed by atoms with E-state index in [4.69, 9.17) is 9.15 Å². The maximum Gasteiger partial charge on any atom is 0.101 e. The Labute approximate surface area is 186 Å². The van der Waals surface area contributed by atoms with Crippen LogP contribution in [0.25, 0.3) is 0 Å². The van der Waals surface area contributed by atoms with Crippen LogP contribution in [0, 0.1) is 28.6 Å². The third-order valence-corrected chi connectivity index (χ3v) is 10.7. The summed E-state index contributed by atoms with van der Waals surface area (Å²) < 4.78 is 11.5. The molecule has 5 nitrogen and oxygen atoms in total. The highest BCUT2D eigenvalue weighted by molar-refractivity contribution is 5.30. The van der Waals surface area contributed by atoms with Crippen LogP contribution in [0.4, 0.5) is 0 Å². The predicted molar refractivity (Wildman–Crippen MR) is 119 cm³/mol. The lowest BCUT2D eigenvalue weighted by atomic mass is 9.43. The molecule has 5 rings (SSSR count). The highest BCUT2D eigenvalue weighted by Gasteiger charge is 2.72. The molecule has 1 aromatic rings. The van der Waals surface area contributed by atoms with E-state index < -0.39 is 16.6 Å². The van der Waals surface area contributed by atoms with E-state index >= 15 is 0 Å². The van der Waals surface area contributed by atoms with Gasteiger partial charge in [0.2, 0.25) is 0 Å². The molecule has 4 fully saturated rings. The molecule has 31 heavy (non-hydrogen) atoms. The van der Waals surface area contributed by atoms with E-state index in [2.05, 4.69) is 19.2 Å².